The molecule has 0 aliphatic rings. The molecule has 2 aromatic rings. The molecule has 0 saturated heterocycles. The molecule has 0 saturated carbocycles. The summed E-state index contributed by atoms with van der Waals surface area (Å²) in [6.07, 6.45) is -4.08. The van der Waals surface area contributed by atoms with E-state index in [0.717, 1.165) is 11.3 Å². The lowest BCUT2D eigenvalue weighted by Crippen LogP contribution is -2.10. The van der Waals surface area contributed by atoms with E-state index in [2.05, 4.69) is 36.4 Å². The van der Waals surface area contributed by atoms with Crippen LogP contribution >= 0.6 is 27.3 Å². The van der Waals surface area contributed by atoms with Gasteiger partial charge in [-0.2, -0.15) is 18.2 Å². The van der Waals surface area contributed by atoms with Gasteiger partial charge in [0.2, 0.25) is 5.89 Å². The van der Waals surface area contributed by atoms with Gasteiger partial charge in [0.1, 0.15) is 3.79 Å². The van der Waals surface area contributed by atoms with Crippen molar-refractivity contribution in [3.8, 4) is 0 Å². The second-order valence-corrected chi connectivity index (χ2v) is 6.52. The third-order valence-electron chi connectivity index (χ3n) is 2.33. The van der Waals surface area contributed by atoms with Gasteiger partial charge in [-0.25, -0.2) is 4.98 Å². The number of anilines is 2. The van der Waals surface area contributed by atoms with Gasteiger partial charge in [-0.1, -0.05) is 11.3 Å². The highest BCUT2D eigenvalue weighted by molar-refractivity contribution is 9.11. The van der Waals surface area contributed by atoms with Crippen LogP contribution in [0.5, 0.6) is 0 Å². The molecule has 2 heterocycles. The Morgan fingerprint density at radius 1 is 1.33 bits per heavy atom. The zero-order valence-electron chi connectivity index (χ0n) is 11.0. The first-order chi connectivity index (χ1) is 9.77. The molecule has 0 aliphatic carbocycles. The van der Waals surface area contributed by atoms with Gasteiger partial charge in [0.25, 0.3) is 5.95 Å². The van der Waals surface area contributed by atoms with Crippen LogP contribution < -0.4 is 10.2 Å². The molecular formula is C10H11BrF3N5OS. The lowest BCUT2D eigenvalue weighted by Gasteiger charge is -2.02. The van der Waals surface area contributed by atoms with Gasteiger partial charge in [-0.3, -0.25) is 0 Å². The fourth-order valence-corrected chi connectivity index (χ4v) is 2.87. The molecule has 2 rings (SSSR count). The number of alkyl halides is 3. The van der Waals surface area contributed by atoms with E-state index < -0.39 is 11.9 Å². The Bertz CT molecular complexity index is 612. The fourth-order valence-electron chi connectivity index (χ4n) is 1.36. The number of halogens is 4. The van der Waals surface area contributed by atoms with Crippen molar-refractivity contribution >= 4 is 38.3 Å². The lowest BCUT2D eigenvalue weighted by molar-refractivity contribution is -0.141. The van der Waals surface area contributed by atoms with E-state index in [1.807, 2.05) is 0 Å². The van der Waals surface area contributed by atoms with Crippen LogP contribution in [0.2, 0.25) is 0 Å². The Balaban J connectivity index is 1.91. The number of rotatable bonds is 5. The number of hydrogen-bond donors (Lipinski definition) is 1. The van der Waals surface area contributed by atoms with Crippen LogP contribution in [0.1, 0.15) is 11.6 Å². The Labute approximate surface area is 130 Å². The molecule has 2 aromatic heterocycles. The van der Waals surface area contributed by atoms with E-state index in [4.69, 9.17) is 4.52 Å². The molecule has 0 atom stereocenters. The highest BCUT2D eigenvalue weighted by Crippen LogP contribution is 2.39. The summed E-state index contributed by atoms with van der Waals surface area (Å²) in [7, 11) is 3.55. The molecule has 6 nitrogen and oxygen atoms in total. The Kier molecular flexibility index (Phi) is 4.71. The molecule has 0 fully saturated rings. The van der Waals surface area contributed by atoms with E-state index in [9.17, 15) is 13.2 Å². The summed E-state index contributed by atoms with van der Waals surface area (Å²) in [6, 6.07) is 0. The molecule has 0 radical (unpaired) electrons. The van der Waals surface area contributed by atoms with Crippen molar-refractivity contribution in [2.24, 2.45) is 0 Å². The minimum absolute atomic E-state index is 0.0508. The molecule has 11 heteroatoms. The summed E-state index contributed by atoms with van der Waals surface area (Å²) in [6.45, 7) is 0.340. The van der Waals surface area contributed by atoms with Crippen molar-refractivity contribution in [3.63, 3.8) is 0 Å². The van der Waals surface area contributed by atoms with E-state index in [0.29, 0.717) is 24.8 Å². The molecule has 0 unspecified atom stereocenters. The second-order valence-electron chi connectivity index (χ2n) is 4.20. The molecule has 0 aliphatic heterocycles. The Morgan fingerprint density at radius 2 is 2.05 bits per heavy atom. The van der Waals surface area contributed by atoms with Crippen LogP contribution in [-0.4, -0.2) is 35.8 Å². The third-order valence-corrected chi connectivity index (χ3v) is 3.99. The highest BCUT2D eigenvalue weighted by Gasteiger charge is 2.36. The first kappa shape index (κ1) is 16.0. The summed E-state index contributed by atoms with van der Waals surface area (Å²) in [5.41, 5.74) is -0.928. The lowest BCUT2D eigenvalue weighted by atomic mass is 10.4. The average Bonchev–Trinajstić information content (AvgIpc) is 2.95. The summed E-state index contributed by atoms with van der Waals surface area (Å²) >= 11 is 3.74. The zero-order chi connectivity index (χ0) is 15.6. The normalized spacial score (nSPS) is 11.7. The first-order valence-corrected chi connectivity index (χ1v) is 7.35. The molecule has 116 valence electrons. The van der Waals surface area contributed by atoms with Crippen molar-refractivity contribution in [3.05, 3.63) is 15.4 Å². The molecule has 0 bridgehead atoms. The third kappa shape index (κ3) is 4.06. The van der Waals surface area contributed by atoms with Crippen molar-refractivity contribution < 1.29 is 17.7 Å². The van der Waals surface area contributed by atoms with Crippen LogP contribution in [0.3, 0.4) is 0 Å². The average molecular weight is 386 g/mol. The van der Waals surface area contributed by atoms with Gasteiger partial charge in [0.05, 0.1) is 0 Å². The maximum Gasteiger partial charge on any atom is 0.435 e. The number of hydrogen-bond acceptors (Lipinski definition) is 7. The van der Waals surface area contributed by atoms with Crippen molar-refractivity contribution in [1.29, 1.82) is 0 Å². The minimum Gasteiger partial charge on any atom is -0.361 e. The smallest absolute Gasteiger partial charge is 0.361 e. The summed E-state index contributed by atoms with van der Waals surface area (Å²) in [5.74, 6) is 0.846. The number of nitrogens with zero attached hydrogens (tertiary/aromatic N) is 4. The van der Waals surface area contributed by atoms with Crippen molar-refractivity contribution in [2.75, 3.05) is 30.9 Å². The van der Waals surface area contributed by atoms with Gasteiger partial charge < -0.3 is 14.7 Å². The van der Waals surface area contributed by atoms with Crippen molar-refractivity contribution in [1.82, 2.24) is 15.1 Å². The Morgan fingerprint density at radius 3 is 2.57 bits per heavy atom. The molecule has 0 amide bonds. The fraction of sp³-hybridized carbons (Fsp3) is 0.500. The van der Waals surface area contributed by atoms with Gasteiger partial charge >= 0.3 is 6.18 Å². The zero-order valence-corrected chi connectivity index (χ0v) is 13.4. The van der Waals surface area contributed by atoms with E-state index in [-0.39, 0.29) is 8.92 Å². The van der Waals surface area contributed by atoms with Crippen LogP contribution in [0, 0.1) is 0 Å². The number of nitrogens with one attached hydrogen (secondary N) is 1. The van der Waals surface area contributed by atoms with E-state index in [1.54, 1.807) is 19.0 Å². The predicted molar refractivity (Wildman–Crippen MR) is 75.6 cm³/mol. The second kappa shape index (κ2) is 6.18. The quantitative estimate of drug-likeness (QED) is 0.852. The standard InChI is InChI=1S/C10H11BrF3N5OS/c1-19(2)8-16-5(20-18-8)3-4-15-9-17-6(7(11)21-9)10(12,13)14/h3-4H2,1-2H3,(H,15,17). The van der Waals surface area contributed by atoms with Crippen LogP contribution in [0.4, 0.5) is 24.3 Å². The predicted octanol–water partition coefficient (Wildman–Crippen LogP) is 3.03. The van der Waals surface area contributed by atoms with E-state index in [1.165, 1.54) is 0 Å². The summed E-state index contributed by atoms with van der Waals surface area (Å²) in [4.78, 5) is 9.30. The number of thiazole rings is 1. The minimum atomic E-state index is -4.47. The molecule has 21 heavy (non-hydrogen) atoms. The SMILES string of the molecule is CN(C)c1noc(CCNc2nc(C(F)(F)F)c(Br)s2)n1. The Hall–Kier alpha value is -1.36. The van der Waals surface area contributed by atoms with Crippen LogP contribution in [0.15, 0.2) is 8.31 Å². The molecule has 0 aromatic carbocycles. The van der Waals surface area contributed by atoms with Gasteiger partial charge in [0.15, 0.2) is 10.8 Å². The van der Waals surface area contributed by atoms with E-state index >= 15 is 0 Å². The molecule has 1 N–H and O–H groups in total. The topological polar surface area (TPSA) is 67.1 Å². The van der Waals surface area contributed by atoms with Gasteiger partial charge in [-0.05, 0) is 21.1 Å². The largest absolute Gasteiger partial charge is 0.435 e. The van der Waals surface area contributed by atoms with Crippen molar-refractivity contribution in [2.45, 2.75) is 12.6 Å². The van der Waals surface area contributed by atoms with Gasteiger partial charge in [-0.15, -0.1) is 0 Å². The number of aromatic nitrogens is 3. The first-order valence-electron chi connectivity index (χ1n) is 5.74. The molecular weight excluding hydrogens is 375 g/mol. The maximum absolute atomic E-state index is 12.6. The monoisotopic (exact) mass is 385 g/mol. The van der Waals surface area contributed by atoms with Crippen LogP contribution in [0.25, 0.3) is 0 Å². The highest BCUT2D eigenvalue weighted by atomic mass is 79.9. The summed E-state index contributed by atoms with van der Waals surface area (Å²) in [5, 5.41) is 6.72. The molecule has 0 spiro atoms. The van der Waals surface area contributed by atoms with Crippen LogP contribution in [-0.2, 0) is 12.6 Å². The van der Waals surface area contributed by atoms with Gasteiger partial charge in [0, 0.05) is 27.1 Å². The summed E-state index contributed by atoms with van der Waals surface area (Å²) < 4.78 is 42.7. The maximum atomic E-state index is 12.6.